The number of piperidine rings is 1. The van der Waals surface area contributed by atoms with Crippen molar-refractivity contribution < 1.29 is 9.90 Å². The highest BCUT2D eigenvalue weighted by atomic mass is 16.4. The van der Waals surface area contributed by atoms with Crippen LogP contribution in [-0.2, 0) is 4.79 Å². The zero-order chi connectivity index (χ0) is 9.26. The third-order valence-corrected chi connectivity index (χ3v) is 3.18. The minimum absolute atomic E-state index is 0.374. The van der Waals surface area contributed by atoms with Crippen LogP contribution in [0.4, 0.5) is 0 Å². The van der Waals surface area contributed by atoms with Crippen molar-refractivity contribution in [1.82, 2.24) is 4.90 Å². The van der Waals surface area contributed by atoms with Crippen LogP contribution in [0.25, 0.3) is 0 Å². The van der Waals surface area contributed by atoms with Gasteiger partial charge in [0.25, 0.3) is 0 Å². The predicted octanol–water partition coefficient (Wildman–Crippen LogP) is 1.34. The first-order chi connectivity index (χ1) is 6.25. The summed E-state index contributed by atoms with van der Waals surface area (Å²) in [7, 11) is 0. The molecule has 1 saturated carbocycles. The van der Waals surface area contributed by atoms with E-state index < -0.39 is 5.97 Å². The topological polar surface area (TPSA) is 40.5 Å². The number of rotatable bonds is 3. The Morgan fingerprint density at radius 3 is 2.31 bits per heavy atom. The molecule has 0 aromatic heterocycles. The highest BCUT2D eigenvalue weighted by Gasteiger charge is 2.32. The number of hydrogen-bond donors (Lipinski definition) is 1. The number of carbonyl (C=O) groups is 1. The smallest absolute Gasteiger partial charge is 0.303 e. The van der Waals surface area contributed by atoms with Crippen molar-refractivity contribution in [2.75, 3.05) is 13.1 Å². The highest BCUT2D eigenvalue weighted by molar-refractivity contribution is 5.67. The third-order valence-electron chi connectivity index (χ3n) is 3.18. The van der Waals surface area contributed by atoms with E-state index in [0.717, 1.165) is 32.0 Å². The fourth-order valence-electron chi connectivity index (χ4n) is 2.21. The van der Waals surface area contributed by atoms with Crippen LogP contribution < -0.4 is 0 Å². The van der Waals surface area contributed by atoms with E-state index in [2.05, 4.69) is 4.90 Å². The lowest BCUT2D eigenvalue weighted by atomic mass is 9.93. The first-order valence-electron chi connectivity index (χ1n) is 5.21. The zero-order valence-electron chi connectivity index (χ0n) is 7.91. The SMILES string of the molecule is O=C(O)CC1CCN(C2CC2)CC1. The third kappa shape index (κ3) is 2.44. The molecule has 2 fully saturated rings. The molecule has 0 aromatic carbocycles. The Labute approximate surface area is 78.7 Å². The van der Waals surface area contributed by atoms with Crippen LogP contribution in [0.3, 0.4) is 0 Å². The molecule has 0 spiro atoms. The van der Waals surface area contributed by atoms with Crippen LogP contribution in [0.15, 0.2) is 0 Å². The molecule has 0 atom stereocenters. The van der Waals surface area contributed by atoms with Gasteiger partial charge in [-0.3, -0.25) is 4.79 Å². The minimum atomic E-state index is -0.634. The van der Waals surface area contributed by atoms with Gasteiger partial charge in [0.05, 0.1) is 0 Å². The molecule has 1 saturated heterocycles. The molecular formula is C10H17NO2. The first-order valence-corrected chi connectivity index (χ1v) is 5.21. The lowest BCUT2D eigenvalue weighted by Gasteiger charge is -2.31. The van der Waals surface area contributed by atoms with Gasteiger partial charge in [0.2, 0.25) is 0 Å². The number of carboxylic acid groups (broad SMARTS) is 1. The molecule has 74 valence electrons. The molecule has 13 heavy (non-hydrogen) atoms. The summed E-state index contributed by atoms with van der Waals surface area (Å²) in [6.07, 6.45) is 5.28. The summed E-state index contributed by atoms with van der Waals surface area (Å²) in [4.78, 5) is 13.0. The standard InChI is InChI=1S/C10H17NO2/c12-10(13)7-8-3-5-11(6-4-8)9-1-2-9/h8-9H,1-7H2,(H,12,13). The molecule has 2 rings (SSSR count). The van der Waals surface area contributed by atoms with E-state index in [9.17, 15) is 4.79 Å². The summed E-state index contributed by atoms with van der Waals surface area (Å²) in [6, 6.07) is 0.853. The van der Waals surface area contributed by atoms with E-state index in [0.29, 0.717) is 12.3 Å². The lowest BCUT2D eigenvalue weighted by molar-refractivity contribution is -0.138. The fraction of sp³-hybridized carbons (Fsp3) is 0.900. The molecule has 3 heteroatoms. The maximum atomic E-state index is 10.5. The Kier molecular flexibility index (Phi) is 2.54. The van der Waals surface area contributed by atoms with Gasteiger partial charge in [-0.2, -0.15) is 0 Å². The largest absolute Gasteiger partial charge is 0.481 e. The van der Waals surface area contributed by atoms with Crippen molar-refractivity contribution in [2.45, 2.75) is 38.1 Å². The van der Waals surface area contributed by atoms with E-state index in [-0.39, 0.29) is 0 Å². The van der Waals surface area contributed by atoms with Gasteiger partial charge in [0.1, 0.15) is 0 Å². The molecule has 1 aliphatic heterocycles. The summed E-state index contributed by atoms with van der Waals surface area (Å²) in [5.74, 6) is -0.197. The monoisotopic (exact) mass is 183 g/mol. The van der Waals surface area contributed by atoms with Crippen molar-refractivity contribution in [3.63, 3.8) is 0 Å². The Balaban J connectivity index is 1.72. The second-order valence-electron chi connectivity index (χ2n) is 4.31. The van der Waals surface area contributed by atoms with Crippen molar-refractivity contribution in [3.05, 3.63) is 0 Å². The highest BCUT2D eigenvalue weighted by Crippen LogP contribution is 2.31. The van der Waals surface area contributed by atoms with Gasteiger partial charge in [0.15, 0.2) is 0 Å². The van der Waals surface area contributed by atoms with E-state index in [1.165, 1.54) is 12.8 Å². The van der Waals surface area contributed by atoms with E-state index in [4.69, 9.17) is 5.11 Å². The van der Waals surface area contributed by atoms with Gasteiger partial charge in [-0.1, -0.05) is 0 Å². The van der Waals surface area contributed by atoms with Gasteiger partial charge in [-0.15, -0.1) is 0 Å². The summed E-state index contributed by atoms with van der Waals surface area (Å²) in [5.41, 5.74) is 0. The Morgan fingerprint density at radius 1 is 1.23 bits per heavy atom. The molecule has 0 aromatic rings. The van der Waals surface area contributed by atoms with Crippen LogP contribution in [0.1, 0.15) is 32.1 Å². The maximum Gasteiger partial charge on any atom is 0.303 e. The minimum Gasteiger partial charge on any atom is -0.481 e. The summed E-state index contributed by atoms with van der Waals surface area (Å²) in [5, 5.41) is 8.64. The lowest BCUT2D eigenvalue weighted by Crippen LogP contribution is -2.35. The molecule has 1 heterocycles. The Bertz CT molecular complexity index is 193. The molecule has 3 nitrogen and oxygen atoms in total. The number of hydrogen-bond acceptors (Lipinski definition) is 2. The second kappa shape index (κ2) is 3.66. The van der Waals surface area contributed by atoms with E-state index in [1.807, 2.05) is 0 Å². The molecule has 0 amide bonds. The van der Waals surface area contributed by atoms with Gasteiger partial charge < -0.3 is 10.0 Å². The maximum absolute atomic E-state index is 10.5. The van der Waals surface area contributed by atoms with Crippen molar-refractivity contribution in [3.8, 4) is 0 Å². The van der Waals surface area contributed by atoms with E-state index >= 15 is 0 Å². The van der Waals surface area contributed by atoms with Gasteiger partial charge in [-0.05, 0) is 44.7 Å². The number of aliphatic carboxylic acids is 1. The summed E-state index contributed by atoms with van der Waals surface area (Å²) < 4.78 is 0. The molecule has 1 N–H and O–H groups in total. The second-order valence-corrected chi connectivity index (χ2v) is 4.31. The van der Waals surface area contributed by atoms with Gasteiger partial charge in [0, 0.05) is 12.5 Å². The predicted molar refractivity (Wildman–Crippen MR) is 49.6 cm³/mol. The number of likely N-dealkylation sites (tertiary alicyclic amines) is 1. The molecule has 0 bridgehead atoms. The number of nitrogens with zero attached hydrogens (tertiary/aromatic N) is 1. The van der Waals surface area contributed by atoms with Crippen LogP contribution in [0, 0.1) is 5.92 Å². The summed E-state index contributed by atoms with van der Waals surface area (Å²) in [6.45, 7) is 2.26. The zero-order valence-corrected chi connectivity index (χ0v) is 7.91. The average Bonchev–Trinajstić information content (AvgIpc) is 2.87. The van der Waals surface area contributed by atoms with Gasteiger partial charge in [-0.25, -0.2) is 0 Å². The van der Waals surface area contributed by atoms with Crippen LogP contribution in [0.5, 0.6) is 0 Å². The molecule has 2 aliphatic rings. The fourth-order valence-corrected chi connectivity index (χ4v) is 2.21. The van der Waals surface area contributed by atoms with Crippen molar-refractivity contribution in [1.29, 1.82) is 0 Å². The van der Waals surface area contributed by atoms with Gasteiger partial charge >= 0.3 is 5.97 Å². The van der Waals surface area contributed by atoms with Crippen LogP contribution in [-0.4, -0.2) is 35.1 Å². The van der Waals surface area contributed by atoms with E-state index in [1.54, 1.807) is 0 Å². The number of carboxylic acids is 1. The van der Waals surface area contributed by atoms with Crippen molar-refractivity contribution in [2.24, 2.45) is 5.92 Å². The van der Waals surface area contributed by atoms with Crippen LogP contribution in [0.2, 0.25) is 0 Å². The van der Waals surface area contributed by atoms with Crippen molar-refractivity contribution >= 4 is 5.97 Å². The Morgan fingerprint density at radius 2 is 1.85 bits per heavy atom. The quantitative estimate of drug-likeness (QED) is 0.717. The molecule has 0 radical (unpaired) electrons. The summed E-state index contributed by atoms with van der Waals surface area (Å²) >= 11 is 0. The molecule has 1 aliphatic carbocycles. The molecule has 0 unspecified atom stereocenters. The molecular weight excluding hydrogens is 166 g/mol. The van der Waals surface area contributed by atoms with Crippen LogP contribution >= 0.6 is 0 Å². The normalized spacial score (nSPS) is 26.2. The first kappa shape index (κ1) is 9.00. The Hall–Kier alpha value is -0.570. The average molecular weight is 183 g/mol.